The van der Waals surface area contributed by atoms with Gasteiger partial charge in [-0.3, -0.25) is 4.79 Å². The van der Waals surface area contributed by atoms with E-state index in [9.17, 15) is 9.90 Å². The molecule has 2 aromatic rings. The molecule has 0 spiro atoms. The SMILES string of the molecule is C[C@]1(O)CC[C@H](NC(=O)c2cnc3nc(C4CC4)c(Cl)cc3c2)CC1. The minimum absolute atomic E-state index is 0.0994. The summed E-state index contributed by atoms with van der Waals surface area (Å²) in [4.78, 5) is 21.4. The molecule has 0 atom stereocenters. The van der Waals surface area contributed by atoms with Crippen LogP contribution < -0.4 is 5.32 Å². The van der Waals surface area contributed by atoms with Gasteiger partial charge >= 0.3 is 0 Å². The fraction of sp³-hybridized carbons (Fsp3) is 0.526. The van der Waals surface area contributed by atoms with Gasteiger partial charge in [0.15, 0.2) is 5.65 Å². The number of hydrogen-bond acceptors (Lipinski definition) is 4. The molecule has 2 aromatic heterocycles. The van der Waals surface area contributed by atoms with E-state index in [0.717, 1.165) is 36.8 Å². The lowest BCUT2D eigenvalue weighted by atomic mass is 9.83. The first-order valence-electron chi connectivity index (χ1n) is 8.91. The Labute approximate surface area is 151 Å². The molecule has 2 saturated carbocycles. The molecule has 0 bridgehead atoms. The quantitative estimate of drug-likeness (QED) is 0.878. The van der Waals surface area contributed by atoms with Gasteiger partial charge in [-0.2, -0.15) is 0 Å². The van der Waals surface area contributed by atoms with Gasteiger partial charge in [0.2, 0.25) is 0 Å². The predicted octanol–water partition coefficient (Wildman–Crippen LogP) is 3.58. The predicted molar refractivity (Wildman–Crippen MR) is 96.9 cm³/mol. The third-order valence-corrected chi connectivity index (χ3v) is 5.58. The number of halogens is 1. The number of rotatable bonds is 3. The van der Waals surface area contributed by atoms with Gasteiger partial charge in [-0.15, -0.1) is 0 Å². The number of carbonyl (C=O) groups is 1. The first-order chi connectivity index (χ1) is 11.9. The number of nitrogens with one attached hydrogen (secondary N) is 1. The van der Waals surface area contributed by atoms with Crippen molar-refractivity contribution in [2.24, 2.45) is 0 Å². The summed E-state index contributed by atoms with van der Waals surface area (Å²) in [6.07, 6.45) is 6.83. The van der Waals surface area contributed by atoms with Crippen molar-refractivity contribution >= 4 is 28.5 Å². The maximum Gasteiger partial charge on any atom is 0.253 e. The fourth-order valence-electron chi connectivity index (χ4n) is 3.47. The molecule has 2 aliphatic rings. The van der Waals surface area contributed by atoms with E-state index in [2.05, 4.69) is 15.3 Å². The molecule has 2 fully saturated rings. The van der Waals surface area contributed by atoms with Crippen molar-refractivity contribution in [3.63, 3.8) is 0 Å². The number of aromatic nitrogens is 2. The van der Waals surface area contributed by atoms with E-state index in [1.807, 2.05) is 13.0 Å². The van der Waals surface area contributed by atoms with Crippen LogP contribution in [-0.2, 0) is 0 Å². The maximum absolute atomic E-state index is 12.5. The lowest BCUT2D eigenvalue weighted by molar-refractivity contribution is 0.0140. The van der Waals surface area contributed by atoms with E-state index in [1.165, 1.54) is 0 Å². The Morgan fingerprint density at radius 1 is 1.28 bits per heavy atom. The van der Waals surface area contributed by atoms with Crippen LogP contribution in [0.4, 0.5) is 0 Å². The number of nitrogens with zero attached hydrogens (tertiary/aromatic N) is 2. The van der Waals surface area contributed by atoms with Crippen molar-refractivity contribution in [3.8, 4) is 0 Å². The van der Waals surface area contributed by atoms with Crippen LogP contribution in [0.1, 0.15) is 67.4 Å². The van der Waals surface area contributed by atoms with E-state index in [4.69, 9.17) is 11.6 Å². The molecular formula is C19H22ClN3O2. The van der Waals surface area contributed by atoms with Crippen molar-refractivity contribution in [2.75, 3.05) is 0 Å². The summed E-state index contributed by atoms with van der Waals surface area (Å²) >= 11 is 6.34. The lowest BCUT2D eigenvalue weighted by Crippen LogP contribution is -2.42. The summed E-state index contributed by atoms with van der Waals surface area (Å²) in [5, 5.41) is 14.5. The Morgan fingerprint density at radius 3 is 2.68 bits per heavy atom. The molecule has 2 N–H and O–H groups in total. The van der Waals surface area contributed by atoms with Crippen molar-refractivity contribution in [2.45, 2.75) is 63.0 Å². The van der Waals surface area contributed by atoms with Crippen LogP contribution in [0.2, 0.25) is 5.02 Å². The van der Waals surface area contributed by atoms with Crippen molar-refractivity contribution in [1.82, 2.24) is 15.3 Å². The van der Waals surface area contributed by atoms with Gasteiger partial charge in [0, 0.05) is 23.5 Å². The van der Waals surface area contributed by atoms with Crippen molar-refractivity contribution in [1.29, 1.82) is 0 Å². The Hall–Kier alpha value is -1.72. The molecular weight excluding hydrogens is 338 g/mol. The van der Waals surface area contributed by atoms with E-state index >= 15 is 0 Å². The fourth-order valence-corrected chi connectivity index (χ4v) is 3.79. The summed E-state index contributed by atoms with van der Waals surface area (Å²) in [5.74, 6) is 0.327. The highest BCUT2D eigenvalue weighted by atomic mass is 35.5. The molecule has 25 heavy (non-hydrogen) atoms. The largest absolute Gasteiger partial charge is 0.390 e. The third kappa shape index (κ3) is 3.62. The van der Waals surface area contributed by atoms with Gasteiger partial charge in [0.05, 0.1) is 21.9 Å². The Bertz CT molecular complexity index is 823. The highest BCUT2D eigenvalue weighted by Gasteiger charge is 2.30. The molecule has 132 valence electrons. The molecule has 6 heteroatoms. The molecule has 2 aliphatic carbocycles. The van der Waals surface area contributed by atoms with E-state index in [-0.39, 0.29) is 11.9 Å². The molecule has 0 unspecified atom stereocenters. The smallest absolute Gasteiger partial charge is 0.253 e. The molecule has 0 saturated heterocycles. The first-order valence-corrected chi connectivity index (χ1v) is 9.28. The zero-order valence-corrected chi connectivity index (χ0v) is 15.0. The number of hydrogen-bond donors (Lipinski definition) is 2. The zero-order chi connectivity index (χ0) is 17.6. The molecule has 1 amide bonds. The van der Waals surface area contributed by atoms with Crippen LogP contribution in [0.15, 0.2) is 18.3 Å². The van der Waals surface area contributed by atoms with Crippen LogP contribution in [0.3, 0.4) is 0 Å². The average Bonchev–Trinajstić information content (AvgIpc) is 3.40. The number of pyridine rings is 2. The van der Waals surface area contributed by atoms with Crippen molar-refractivity contribution in [3.05, 3.63) is 34.6 Å². The number of fused-ring (bicyclic) bond motifs is 1. The van der Waals surface area contributed by atoms with Crippen LogP contribution in [0.25, 0.3) is 11.0 Å². The van der Waals surface area contributed by atoms with E-state index < -0.39 is 5.60 Å². The van der Waals surface area contributed by atoms with Crippen LogP contribution in [0, 0.1) is 0 Å². The second kappa shape index (κ2) is 6.22. The Morgan fingerprint density at radius 2 is 2.00 bits per heavy atom. The molecule has 2 heterocycles. The number of aliphatic hydroxyl groups is 1. The number of carbonyl (C=O) groups excluding carboxylic acids is 1. The second-order valence-corrected chi connectivity index (χ2v) is 8.05. The molecule has 5 nitrogen and oxygen atoms in total. The van der Waals surface area contributed by atoms with Gasteiger partial charge in [0.25, 0.3) is 5.91 Å². The Kier molecular flexibility index (Phi) is 4.16. The zero-order valence-electron chi connectivity index (χ0n) is 14.3. The van der Waals surface area contributed by atoms with Crippen LogP contribution >= 0.6 is 11.6 Å². The summed E-state index contributed by atoms with van der Waals surface area (Å²) in [7, 11) is 0. The summed E-state index contributed by atoms with van der Waals surface area (Å²) < 4.78 is 0. The second-order valence-electron chi connectivity index (χ2n) is 7.65. The standard InChI is InChI=1S/C19H22ClN3O2/c1-19(25)6-4-14(5-7-19)22-18(24)13-8-12-9-15(20)16(11-2-3-11)23-17(12)21-10-13/h8-11,14,25H,2-7H2,1H3,(H,22,24)/t14-,19-. The van der Waals surface area contributed by atoms with Crippen molar-refractivity contribution < 1.29 is 9.90 Å². The summed E-state index contributed by atoms with van der Waals surface area (Å²) in [6.45, 7) is 1.85. The number of amides is 1. The first kappa shape index (κ1) is 16.7. The molecule has 0 radical (unpaired) electrons. The maximum atomic E-state index is 12.5. The van der Waals surface area contributed by atoms with Crippen LogP contribution in [0.5, 0.6) is 0 Å². The lowest BCUT2D eigenvalue weighted by Gasteiger charge is -2.33. The normalized spacial score (nSPS) is 26.6. The van der Waals surface area contributed by atoms with Gasteiger partial charge in [-0.1, -0.05) is 11.6 Å². The molecule has 0 aliphatic heterocycles. The minimum atomic E-state index is -0.604. The van der Waals surface area contributed by atoms with E-state index in [0.29, 0.717) is 35.0 Å². The van der Waals surface area contributed by atoms with Crippen LogP contribution in [-0.4, -0.2) is 32.6 Å². The van der Waals surface area contributed by atoms with Gasteiger partial charge in [0.1, 0.15) is 0 Å². The van der Waals surface area contributed by atoms with Gasteiger partial charge in [-0.05, 0) is 57.6 Å². The van der Waals surface area contributed by atoms with E-state index in [1.54, 1.807) is 12.3 Å². The molecule has 4 rings (SSSR count). The average molecular weight is 360 g/mol. The minimum Gasteiger partial charge on any atom is -0.390 e. The Balaban J connectivity index is 1.51. The monoisotopic (exact) mass is 359 g/mol. The highest BCUT2D eigenvalue weighted by Crippen LogP contribution is 2.42. The molecule has 0 aromatic carbocycles. The highest BCUT2D eigenvalue weighted by molar-refractivity contribution is 6.32. The third-order valence-electron chi connectivity index (χ3n) is 5.27. The van der Waals surface area contributed by atoms with Gasteiger partial charge in [-0.25, -0.2) is 9.97 Å². The summed E-state index contributed by atoms with van der Waals surface area (Å²) in [5.41, 5.74) is 1.47. The summed E-state index contributed by atoms with van der Waals surface area (Å²) in [6, 6.07) is 3.76. The topological polar surface area (TPSA) is 75.1 Å². The van der Waals surface area contributed by atoms with Gasteiger partial charge < -0.3 is 10.4 Å².